The minimum absolute atomic E-state index is 0.00583. The number of nitrogens with one attached hydrogen (secondary N) is 1. The first-order valence-electron chi connectivity index (χ1n) is 8.48. The van der Waals surface area contributed by atoms with Crippen LogP contribution in [-0.4, -0.2) is 22.6 Å². The van der Waals surface area contributed by atoms with Crippen molar-refractivity contribution in [2.45, 2.75) is 18.1 Å². The minimum Gasteiger partial charge on any atom is -0.467 e. The molecule has 0 atom stereocenters. The van der Waals surface area contributed by atoms with Crippen molar-refractivity contribution in [3.05, 3.63) is 77.9 Å². The lowest BCUT2D eigenvalue weighted by Crippen LogP contribution is -2.35. The Labute approximate surface area is 160 Å². The second-order valence-corrected chi connectivity index (χ2v) is 7.03. The molecule has 136 valence electrons. The highest BCUT2D eigenvalue weighted by Gasteiger charge is 2.27. The average molecular weight is 379 g/mol. The Kier molecular flexibility index (Phi) is 4.93. The fourth-order valence-electron chi connectivity index (χ4n) is 2.83. The molecule has 0 bridgehead atoms. The van der Waals surface area contributed by atoms with Gasteiger partial charge in [-0.05, 0) is 23.8 Å². The number of carbonyl (C=O) groups is 2. The highest BCUT2D eigenvalue weighted by molar-refractivity contribution is 8.00. The Hall–Kier alpha value is -3.06. The van der Waals surface area contributed by atoms with Crippen molar-refractivity contribution >= 4 is 29.3 Å². The predicted octanol–water partition coefficient (Wildman–Crippen LogP) is 3.24. The highest BCUT2D eigenvalue weighted by atomic mass is 32.2. The number of aromatic nitrogens is 1. The first kappa shape index (κ1) is 17.4. The van der Waals surface area contributed by atoms with E-state index in [2.05, 4.69) is 10.3 Å². The Morgan fingerprint density at radius 1 is 1.22 bits per heavy atom. The van der Waals surface area contributed by atoms with Gasteiger partial charge < -0.3 is 14.6 Å². The molecule has 2 amide bonds. The van der Waals surface area contributed by atoms with Crippen molar-refractivity contribution < 1.29 is 14.0 Å². The zero-order valence-corrected chi connectivity index (χ0v) is 15.2. The summed E-state index contributed by atoms with van der Waals surface area (Å²) in [5.41, 5.74) is 2.11. The summed E-state index contributed by atoms with van der Waals surface area (Å²) in [4.78, 5) is 31.0. The molecule has 1 aliphatic heterocycles. The number of amides is 2. The van der Waals surface area contributed by atoms with Gasteiger partial charge in [-0.2, -0.15) is 0 Å². The van der Waals surface area contributed by atoms with Crippen LogP contribution in [0.1, 0.15) is 21.7 Å². The summed E-state index contributed by atoms with van der Waals surface area (Å²) in [6, 6.07) is 15.1. The second-order valence-electron chi connectivity index (χ2n) is 6.06. The molecule has 0 fully saturated rings. The van der Waals surface area contributed by atoms with E-state index in [0.717, 1.165) is 10.6 Å². The zero-order valence-electron chi connectivity index (χ0n) is 14.4. The van der Waals surface area contributed by atoms with E-state index >= 15 is 0 Å². The molecule has 3 heterocycles. The number of anilines is 1. The third kappa shape index (κ3) is 3.88. The molecule has 2 aromatic heterocycles. The third-order valence-corrected chi connectivity index (χ3v) is 5.18. The molecular formula is C20H17N3O3S. The monoisotopic (exact) mass is 379 g/mol. The molecule has 0 saturated carbocycles. The molecule has 1 aliphatic rings. The lowest BCUT2D eigenvalue weighted by Gasteiger charge is -2.28. The molecule has 0 unspecified atom stereocenters. The van der Waals surface area contributed by atoms with Crippen LogP contribution < -0.4 is 10.2 Å². The molecule has 0 aliphatic carbocycles. The van der Waals surface area contributed by atoms with Crippen LogP contribution in [0.5, 0.6) is 0 Å². The highest BCUT2D eigenvalue weighted by Crippen LogP contribution is 2.35. The second kappa shape index (κ2) is 7.67. The Bertz CT molecular complexity index is 958. The summed E-state index contributed by atoms with van der Waals surface area (Å²) in [6.07, 6.45) is 3.10. The molecule has 6 nitrogen and oxygen atoms in total. The smallest absolute Gasteiger partial charge is 0.253 e. The van der Waals surface area contributed by atoms with Crippen LogP contribution >= 0.6 is 11.8 Å². The van der Waals surface area contributed by atoms with Crippen molar-refractivity contribution in [3.63, 3.8) is 0 Å². The molecule has 4 rings (SSSR count). The summed E-state index contributed by atoms with van der Waals surface area (Å²) in [6.45, 7) is 0.747. The molecule has 3 aromatic rings. The van der Waals surface area contributed by atoms with E-state index in [1.807, 2.05) is 30.3 Å². The summed E-state index contributed by atoms with van der Waals surface area (Å²) in [5.74, 6) is 0.762. The van der Waals surface area contributed by atoms with Crippen LogP contribution in [0.25, 0.3) is 0 Å². The van der Waals surface area contributed by atoms with Gasteiger partial charge in [-0.1, -0.05) is 42.1 Å². The van der Waals surface area contributed by atoms with Crippen molar-refractivity contribution in [1.82, 2.24) is 10.3 Å². The van der Waals surface area contributed by atoms with E-state index < -0.39 is 0 Å². The lowest BCUT2D eigenvalue weighted by atomic mass is 10.2. The standard InChI is InChI=1S/C20H17N3O3S/c24-18-13-27-20-17(23(18)12-14-5-2-1-3-6-14)9-15(10-22-20)19(25)21-11-16-7-4-8-26-16/h1-10H,11-13H2,(H,21,25). The summed E-state index contributed by atoms with van der Waals surface area (Å²) < 4.78 is 5.22. The Morgan fingerprint density at radius 2 is 2.07 bits per heavy atom. The number of rotatable bonds is 5. The average Bonchev–Trinajstić information content (AvgIpc) is 3.22. The quantitative estimate of drug-likeness (QED) is 0.737. The van der Waals surface area contributed by atoms with Gasteiger partial charge in [0.1, 0.15) is 10.8 Å². The van der Waals surface area contributed by atoms with E-state index in [9.17, 15) is 9.59 Å². The van der Waals surface area contributed by atoms with Gasteiger partial charge in [-0.3, -0.25) is 9.59 Å². The molecule has 1 N–H and O–H groups in total. The van der Waals surface area contributed by atoms with Gasteiger partial charge in [0.25, 0.3) is 5.91 Å². The maximum Gasteiger partial charge on any atom is 0.253 e. The number of nitrogens with zero attached hydrogens (tertiary/aromatic N) is 2. The normalized spacial score (nSPS) is 13.3. The molecule has 1 aromatic carbocycles. The summed E-state index contributed by atoms with van der Waals surface area (Å²) >= 11 is 1.39. The van der Waals surface area contributed by atoms with Gasteiger partial charge in [0.05, 0.1) is 36.4 Å². The number of hydrogen-bond acceptors (Lipinski definition) is 5. The van der Waals surface area contributed by atoms with Crippen molar-refractivity contribution in [2.75, 3.05) is 10.7 Å². The topological polar surface area (TPSA) is 75.4 Å². The van der Waals surface area contributed by atoms with Gasteiger partial charge in [-0.25, -0.2) is 4.98 Å². The van der Waals surface area contributed by atoms with Gasteiger partial charge in [0.15, 0.2) is 0 Å². The number of furan rings is 1. The zero-order chi connectivity index (χ0) is 18.6. The van der Waals surface area contributed by atoms with Gasteiger partial charge >= 0.3 is 0 Å². The number of carbonyl (C=O) groups excluding carboxylic acids is 2. The molecule has 0 radical (unpaired) electrons. The number of pyridine rings is 1. The number of fused-ring (bicyclic) bond motifs is 1. The van der Waals surface area contributed by atoms with Crippen LogP contribution in [0.15, 0.2) is 70.4 Å². The maximum atomic E-state index is 12.5. The van der Waals surface area contributed by atoms with Crippen LogP contribution in [0.3, 0.4) is 0 Å². The van der Waals surface area contributed by atoms with Crippen molar-refractivity contribution in [2.24, 2.45) is 0 Å². The van der Waals surface area contributed by atoms with Crippen molar-refractivity contribution in [1.29, 1.82) is 0 Å². The van der Waals surface area contributed by atoms with Crippen LogP contribution in [0.4, 0.5) is 5.69 Å². The molecule has 7 heteroatoms. The molecule has 27 heavy (non-hydrogen) atoms. The lowest BCUT2D eigenvalue weighted by molar-refractivity contribution is -0.116. The first-order chi connectivity index (χ1) is 13.2. The van der Waals surface area contributed by atoms with Crippen molar-refractivity contribution in [3.8, 4) is 0 Å². The van der Waals surface area contributed by atoms with E-state index in [-0.39, 0.29) is 11.8 Å². The van der Waals surface area contributed by atoms with E-state index in [4.69, 9.17) is 4.42 Å². The number of thioether (sulfide) groups is 1. The molecule has 0 saturated heterocycles. The SMILES string of the molecule is O=C(NCc1ccco1)c1cnc2c(c1)N(Cc1ccccc1)C(=O)CS2. The van der Waals surface area contributed by atoms with E-state index in [1.54, 1.807) is 35.6 Å². The maximum absolute atomic E-state index is 12.5. The number of hydrogen-bond donors (Lipinski definition) is 1. The summed E-state index contributed by atoms with van der Waals surface area (Å²) in [7, 11) is 0. The largest absolute Gasteiger partial charge is 0.467 e. The molecular weight excluding hydrogens is 362 g/mol. The Balaban J connectivity index is 1.56. The Morgan fingerprint density at radius 3 is 2.85 bits per heavy atom. The molecule has 0 spiro atoms. The first-order valence-corrected chi connectivity index (χ1v) is 9.47. The van der Waals surface area contributed by atoms with Crippen LogP contribution in [-0.2, 0) is 17.9 Å². The van der Waals surface area contributed by atoms with Gasteiger partial charge in [0.2, 0.25) is 5.91 Å². The van der Waals surface area contributed by atoms with Gasteiger partial charge in [0, 0.05) is 6.20 Å². The predicted molar refractivity (Wildman–Crippen MR) is 102 cm³/mol. The fraction of sp³-hybridized carbons (Fsp3) is 0.150. The number of benzene rings is 1. The fourth-order valence-corrected chi connectivity index (χ4v) is 3.69. The van der Waals surface area contributed by atoms with E-state index in [1.165, 1.54) is 11.8 Å². The van der Waals surface area contributed by atoms with Crippen LogP contribution in [0, 0.1) is 0 Å². The van der Waals surface area contributed by atoms with E-state index in [0.29, 0.717) is 35.9 Å². The van der Waals surface area contributed by atoms with Crippen LogP contribution in [0.2, 0.25) is 0 Å². The minimum atomic E-state index is -0.260. The third-order valence-electron chi connectivity index (χ3n) is 4.21. The van der Waals surface area contributed by atoms with Gasteiger partial charge in [-0.15, -0.1) is 0 Å². The summed E-state index contributed by atoms with van der Waals surface area (Å²) in [5, 5.41) is 3.56.